The van der Waals surface area contributed by atoms with Crippen LogP contribution in [0.1, 0.15) is 35.1 Å². The number of carbonyl (C=O) groups is 1. The second-order valence-corrected chi connectivity index (χ2v) is 6.49. The summed E-state index contributed by atoms with van der Waals surface area (Å²) in [5.74, 6) is 0.694. The first-order chi connectivity index (χ1) is 12.8. The Balaban J connectivity index is 1.41. The molecule has 0 saturated heterocycles. The third kappa shape index (κ3) is 3.70. The molecule has 2 N–H and O–H groups in total. The SMILES string of the molecule is O=C(C[C@H](c1ccccc1)c1ccco1)NCc1cc2n(n1)CCNC2. The molecule has 1 aromatic carbocycles. The minimum atomic E-state index is -0.0920. The van der Waals surface area contributed by atoms with Crippen molar-refractivity contribution in [1.29, 1.82) is 0 Å². The summed E-state index contributed by atoms with van der Waals surface area (Å²) >= 11 is 0. The van der Waals surface area contributed by atoms with Crippen LogP contribution in [-0.4, -0.2) is 22.2 Å². The normalized spacial score (nSPS) is 14.6. The number of amides is 1. The monoisotopic (exact) mass is 350 g/mol. The van der Waals surface area contributed by atoms with Crippen molar-refractivity contribution < 1.29 is 9.21 Å². The number of nitrogens with zero attached hydrogens (tertiary/aromatic N) is 2. The largest absolute Gasteiger partial charge is 0.469 e. The van der Waals surface area contributed by atoms with Crippen LogP contribution in [0.5, 0.6) is 0 Å². The van der Waals surface area contributed by atoms with E-state index in [1.165, 1.54) is 5.69 Å². The van der Waals surface area contributed by atoms with Gasteiger partial charge in [-0.25, -0.2) is 0 Å². The lowest BCUT2D eigenvalue weighted by atomic mass is 9.93. The molecule has 6 heteroatoms. The summed E-state index contributed by atoms with van der Waals surface area (Å²) in [7, 11) is 0. The van der Waals surface area contributed by atoms with E-state index in [2.05, 4.69) is 15.7 Å². The van der Waals surface area contributed by atoms with Crippen molar-refractivity contribution in [2.45, 2.75) is 32.0 Å². The zero-order chi connectivity index (χ0) is 17.8. The van der Waals surface area contributed by atoms with E-state index >= 15 is 0 Å². The Morgan fingerprint density at radius 3 is 2.92 bits per heavy atom. The van der Waals surface area contributed by atoms with Crippen molar-refractivity contribution in [3.8, 4) is 0 Å². The topological polar surface area (TPSA) is 72.1 Å². The van der Waals surface area contributed by atoms with Gasteiger partial charge in [-0.2, -0.15) is 5.10 Å². The fourth-order valence-corrected chi connectivity index (χ4v) is 3.34. The molecule has 1 atom stereocenters. The average Bonchev–Trinajstić information content (AvgIpc) is 3.34. The summed E-state index contributed by atoms with van der Waals surface area (Å²) in [5, 5.41) is 10.9. The Hall–Kier alpha value is -2.86. The smallest absolute Gasteiger partial charge is 0.221 e. The highest BCUT2D eigenvalue weighted by Crippen LogP contribution is 2.28. The number of carbonyl (C=O) groups excluding carboxylic acids is 1. The van der Waals surface area contributed by atoms with Crippen molar-refractivity contribution in [3.63, 3.8) is 0 Å². The van der Waals surface area contributed by atoms with Crippen LogP contribution in [-0.2, 0) is 24.4 Å². The van der Waals surface area contributed by atoms with E-state index in [1.54, 1.807) is 6.26 Å². The summed E-state index contributed by atoms with van der Waals surface area (Å²) in [6.45, 7) is 3.08. The molecule has 0 saturated carbocycles. The number of aromatic nitrogens is 2. The molecule has 4 rings (SSSR count). The molecule has 0 bridgehead atoms. The minimum absolute atomic E-state index is 0.0145. The van der Waals surface area contributed by atoms with Gasteiger partial charge in [0.25, 0.3) is 0 Å². The summed E-state index contributed by atoms with van der Waals surface area (Å²) in [4.78, 5) is 12.5. The first-order valence-corrected chi connectivity index (χ1v) is 8.91. The van der Waals surface area contributed by atoms with Gasteiger partial charge in [0.2, 0.25) is 5.91 Å². The zero-order valence-corrected chi connectivity index (χ0v) is 14.5. The van der Waals surface area contributed by atoms with Gasteiger partial charge >= 0.3 is 0 Å². The third-order valence-electron chi connectivity index (χ3n) is 4.67. The van der Waals surface area contributed by atoms with Crippen LogP contribution in [0.4, 0.5) is 0 Å². The summed E-state index contributed by atoms with van der Waals surface area (Å²) in [6.07, 6.45) is 1.99. The van der Waals surface area contributed by atoms with Crippen molar-refractivity contribution in [3.05, 3.63) is 77.5 Å². The Morgan fingerprint density at radius 2 is 2.15 bits per heavy atom. The van der Waals surface area contributed by atoms with Crippen LogP contribution >= 0.6 is 0 Å². The molecule has 1 amide bonds. The van der Waals surface area contributed by atoms with Gasteiger partial charge in [-0.05, 0) is 23.8 Å². The maximum absolute atomic E-state index is 12.5. The fraction of sp³-hybridized carbons (Fsp3) is 0.300. The van der Waals surface area contributed by atoms with E-state index in [4.69, 9.17) is 4.42 Å². The zero-order valence-electron chi connectivity index (χ0n) is 14.5. The summed E-state index contributed by atoms with van der Waals surface area (Å²) < 4.78 is 7.57. The Labute approximate surface area is 152 Å². The highest BCUT2D eigenvalue weighted by atomic mass is 16.3. The van der Waals surface area contributed by atoms with Crippen molar-refractivity contribution >= 4 is 5.91 Å². The molecule has 0 fully saturated rings. The van der Waals surface area contributed by atoms with Gasteiger partial charge < -0.3 is 15.1 Å². The number of rotatable bonds is 6. The fourth-order valence-electron chi connectivity index (χ4n) is 3.34. The summed E-state index contributed by atoms with van der Waals surface area (Å²) in [6, 6.07) is 15.8. The maximum Gasteiger partial charge on any atom is 0.221 e. The highest BCUT2D eigenvalue weighted by Gasteiger charge is 2.21. The maximum atomic E-state index is 12.5. The molecule has 0 radical (unpaired) electrons. The molecular weight excluding hydrogens is 328 g/mol. The number of nitrogens with one attached hydrogen (secondary N) is 2. The molecule has 26 heavy (non-hydrogen) atoms. The number of fused-ring (bicyclic) bond motifs is 1. The van der Waals surface area contributed by atoms with Gasteiger partial charge in [-0.15, -0.1) is 0 Å². The van der Waals surface area contributed by atoms with E-state index in [0.717, 1.165) is 36.7 Å². The molecule has 0 aliphatic carbocycles. The Bertz CT molecular complexity index is 832. The minimum Gasteiger partial charge on any atom is -0.469 e. The third-order valence-corrected chi connectivity index (χ3v) is 4.67. The lowest BCUT2D eigenvalue weighted by molar-refractivity contribution is -0.121. The number of benzene rings is 1. The molecule has 3 aromatic rings. The van der Waals surface area contributed by atoms with Crippen LogP contribution in [0.3, 0.4) is 0 Å². The van der Waals surface area contributed by atoms with Gasteiger partial charge in [0.15, 0.2) is 0 Å². The molecule has 0 unspecified atom stereocenters. The molecule has 2 aromatic heterocycles. The van der Waals surface area contributed by atoms with Crippen LogP contribution in [0, 0.1) is 0 Å². The number of hydrogen-bond acceptors (Lipinski definition) is 4. The Kier molecular flexibility index (Phi) is 4.84. The van der Waals surface area contributed by atoms with Gasteiger partial charge in [0, 0.05) is 19.5 Å². The average molecular weight is 350 g/mol. The van der Waals surface area contributed by atoms with Gasteiger partial charge in [0.05, 0.1) is 36.7 Å². The first-order valence-electron chi connectivity index (χ1n) is 8.91. The van der Waals surface area contributed by atoms with Gasteiger partial charge in [-0.1, -0.05) is 30.3 Å². The van der Waals surface area contributed by atoms with Gasteiger partial charge in [0.1, 0.15) is 5.76 Å². The lowest BCUT2D eigenvalue weighted by Gasteiger charge is -2.15. The molecule has 0 spiro atoms. The quantitative estimate of drug-likeness (QED) is 0.716. The van der Waals surface area contributed by atoms with E-state index in [9.17, 15) is 4.79 Å². The molecule has 6 nitrogen and oxygen atoms in total. The van der Waals surface area contributed by atoms with Crippen LogP contribution < -0.4 is 10.6 Å². The number of hydrogen-bond donors (Lipinski definition) is 2. The van der Waals surface area contributed by atoms with Crippen molar-refractivity contribution in [2.75, 3.05) is 6.54 Å². The molecule has 1 aliphatic heterocycles. The van der Waals surface area contributed by atoms with Crippen molar-refractivity contribution in [2.24, 2.45) is 0 Å². The van der Waals surface area contributed by atoms with E-state index in [1.807, 2.05) is 53.2 Å². The second-order valence-electron chi connectivity index (χ2n) is 6.49. The van der Waals surface area contributed by atoms with E-state index in [-0.39, 0.29) is 11.8 Å². The predicted molar refractivity (Wildman–Crippen MR) is 97.4 cm³/mol. The first kappa shape index (κ1) is 16.6. The molecular formula is C20H22N4O2. The van der Waals surface area contributed by atoms with Crippen LogP contribution in [0.25, 0.3) is 0 Å². The number of furan rings is 1. The lowest BCUT2D eigenvalue weighted by Crippen LogP contribution is -2.28. The molecule has 134 valence electrons. The van der Waals surface area contributed by atoms with E-state index in [0.29, 0.717) is 13.0 Å². The van der Waals surface area contributed by atoms with Crippen LogP contribution in [0.15, 0.2) is 59.2 Å². The predicted octanol–water partition coefficient (Wildman–Crippen LogP) is 2.42. The second kappa shape index (κ2) is 7.58. The molecule has 1 aliphatic rings. The molecule has 3 heterocycles. The van der Waals surface area contributed by atoms with Gasteiger partial charge in [-0.3, -0.25) is 9.48 Å². The van der Waals surface area contributed by atoms with Crippen LogP contribution in [0.2, 0.25) is 0 Å². The van der Waals surface area contributed by atoms with E-state index < -0.39 is 0 Å². The summed E-state index contributed by atoms with van der Waals surface area (Å²) in [5.41, 5.74) is 3.13. The standard InChI is InChI=1S/C20H22N4O2/c25-20(22-13-16-11-17-14-21-8-9-24(17)23-16)12-18(19-7-4-10-26-19)15-5-2-1-3-6-15/h1-7,10-11,18,21H,8-9,12-14H2,(H,22,25)/t18-/m1/s1. The van der Waals surface area contributed by atoms with Crippen molar-refractivity contribution in [1.82, 2.24) is 20.4 Å². The highest BCUT2D eigenvalue weighted by molar-refractivity contribution is 5.77. The Morgan fingerprint density at radius 1 is 1.27 bits per heavy atom.